The molecule has 1 unspecified atom stereocenters. The van der Waals surface area contributed by atoms with E-state index in [1.807, 2.05) is 0 Å². The maximum Gasteiger partial charge on any atom is 0.425 e. The lowest BCUT2D eigenvalue weighted by Crippen LogP contribution is -2.40. The van der Waals surface area contributed by atoms with E-state index in [9.17, 15) is 17.6 Å². The Morgan fingerprint density at radius 3 is 2.57 bits per heavy atom. The fraction of sp³-hybridized carbons (Fsp3) is 0.222. The number of hydrogen-bond acceptors (Lipinski definition) is 7. The summed E-state index contributed by atoms with van der Waals surface area (Å²) in [4.78, 5) is 11.9. The molecule has 0 saturated carbocycles. The zero-order valence-electron chi connectivity index (χ0n) is 14.9. The summed E-state index contributed by atoms with van der Waals surface area (Å²) in [6, 6.07) is 3.53. The molecule has 1 aliphatic heterocycles. The van der Waals surface area contributed by atoms with Crippen LogP contribution >= 0.6 is 11.6 Å². The molecule has 1 aliphatic rings. The van der Waals surface area contributed by atoms with Gasteiger partial charge in [0.25, 0.3) is 6.02 Å². The molecule has 0 radical (unpaired) electrons. The zero-order chi connectivity index (χ0) is 21.5. The van der Waals surface area contributed by atoms with Gasteiger partial charge in [-0.2, -0.15) is 13.2 Å². The van der Waals surface area contributed by atoms with Crippen molar-refractivity contribution in [2.75, 3.05) is 0 Å². The molecule has 1 aromatic carbocycles. The minimum absolute atomic E-state index is 0.0753. The van der Waals surface area contributed by atoms with E-state index in [1.165, 1.54) is 30.6 Å². The highest BCUT2D eigenvalue weighted by atomic mass is 35.5. The van der Waals surface area contributed by atoms with Gasteiger partial charge >= 0.3 is 6.18 Å². The van der Waals surface area contributed by atoms with Gasteiger partial charge in [-0.15, -0.1) is 0 Å². The van der Waals surface area contributed by atoms with Gasteiger partial charge in [0.1, 0.15) is 5.82 Å². The minimum atomic E-state index is -4.66. The van der Waals surface area contributed by atoms with E-state index in [0.717, 1.165) is 6.07 Å². The Hall–Kier alpha value is -3.21. The fourth-order valence-corrected chi connectivity index (χ4v) is 3.04. The van der Waals surface area contributed by atoms with Crippen LogP contribution in [0.25, 0.3) is 22.8 Å². The molecule has 7 nitrogen and oxygen atoms in total. The molecule has 12 heteroatoms. The summed E-state index contributed by atoms with van der Waals surface area (Å²) < 4.78 is 63.4. The van der Waals surface area contributed by atoms with Crippen LogP contribution in [0.1, 0.15) is 18.0 Å². The Morgan fingerprint density at radius 2 is 1.87 bits per heavy atom. The number of benzene rings is 1. The number of amidine groups is 1. The molecular weight excluding hydrogens is 430 g/mol. The number of halogens is 5. The van der Waals surface area contributed by atoms with Crippen LogP contribution in [0.2, 0.25) is 5.02 Å². The molecule has 0 fully saturated rings. The smallest absolute Gasteiger partial charge is 0.425 e. The van der Waals surface area contributed by atoms with E-state index in [1.54, 1.807) is 0 Å². The Morgan fingerprint density at radius 1 is 1.13 bits per heavy atom. The monoisotopic (exact) mass is 441 g/mol. The molecule has 0 spiro atoms. The van der Waals surface area contributed by atoms with E-state index in [0.29, 0.717) is 16.3 Å². The molecular formula is C18H12ClF4N5O2. The molecule has 3 heterocycles. The van der Waals surface area contributed by atoms with Crippen LogP contribution in [-0.4, -0.2) is 33.4 Å². The Kier molecular flexibility index (Phi) is 5.06. The van der Waals surface area contributed by atoms with E-state index < -0.39 is 36.6 Å². The zero-order valence-corrected chi connectivity index (χ0v) is 15.7. The van der Waals surface area contributed by atoms with E-state index in [4.69, 9.17) is 21.9 Å². The van der Waals surface area contributed by atoms with Gasteiger partial charge in [0.2, 0.25) is 0 Å². The van der Waals surface area contributed by atoms with Crippen LogP contribution in [0.3, 0.4) is 0 Å². The van der Waals surface area contributed by atoms with Crippen LogP contribution in [0.4, 0.5) is 17.6 Å². The van der Waals surface area contributed by atoms with Crippen molar-refractivity contribution in [1.29, 1.82) is 0 Å². The average molecular weight is 442 g/mol. The lowest BCUT2D eigenvalue weighted by molar-refractivity contribution is -0.204. The highest BCUT2D eigenvalue weighted by Gasteiger charge is 2.46. The molecule has 30 heavy (non-hydrogen) atoms. The first-order chi connectivity index (χ1) is 14.2. The SMILES string of the molecule is NC1=NC(c2cc(-c3cc(-c4ncc(Cl)cn4)no3)ccc2F)C[C@@H](C(F)(F)F)O1. The predicted molar refractivity (Wildman–Crippen MR) is 97.8 cm³/mol. The average Bonchev–Trinajstić information content (AvgIpc) is 3.18. The third-order valence-electron chi connectivity index (χ3n) is 4.35. The molecule has 0 aliphatic carbocycles. The molecule has 0 amide bonds. The second-order valence-corrected chi connectivity index (χ2v) is 6.84. The molecule has 4 rings (SSSR count). The number of nitrogens with zero attached hydrogens (tertiary/aromatic N) is 4. The van der Waals surface area contributed by atoms with Crippen molar-refractivity contribution in [3.05, 3.63) is 53.1 Å². The number of nitrogens with two attached hydrogens (primary N) is 1. The van der Waals surface area contributed by atoms with E-state index in [-0.39, 0.29) is 17.1 Å². The van der Waals surface area contributed by atoms with Crippen LogP contribution in [0.5, 0.6) is 0 Å². The normalized spacial score (nSPS) is 19.3. The van der Waals surface area contributed by atoms with Crippen molar-refractivity contribution >= 4 is 17.6 Å². The van der Waals surface area contributed by atoms with Crippen molar-refractivity contribution in [2.45, 2.75) is 24.7 Å². The van der Waals surface area contributed by atoms with Gasteiger partial charge in [-0.1, -0.05) is 16.8 Å². The first-order valence-corrected chi connectivity index (χ1v) is 8.89. The van der Waals surface area contributed by atoms with Crippen LogP contribution in [0.15, 0.2) is 46.2 Å². The molecule has 0 bridgehead atoms. The van der Waals surface area contributed by atoms with Crippen molar-refractivity contribution in [3.8, 4) is 22.8 Å². The first-order valence-electron chi connectivity index (χ1n) is 8.52. The highest BCUT2D eigenvalue weighted by Crippen LogP contribution is 2.37. The summed E-state index contributed by atoms with van der Waals surface area (Å²) in [5, 5.41) is 4.21. The predicted octanol–water partition coefficient (Wildman–Crippen LogP) is 4.30. The Labute approximate surface area is 171 Å². The standard InChI is InChI=1S/C18H12ClF4N5O2/c19-9-6-25-16(26-7-9)13-4-14(30-28-13)8-1-2-11(20)10(3-8)12-5-15(18(21,22)23)29-17(24)27-12/h1-4,6-7,12,15H,5H2,(H2,24,27)/t12?,15-/m0/s1. The van der Waals surface area contributed by atoms with Crippen molar-refractivity contribution in [1.82, 2.24) is 15.1 Å². The third kappa shape index (κ3) is 4.06. The second-order valence-electron chi connectivity index (χ2n) is 6.40. The number of rotatable bonds is 3. The third-order valence-corrected chi connectivity index (χ3v) is 4.54. The minimum Gasteiger partial charge on any atom is -0.452 e. The maximum atomic E-state index is 14.4. The van der Waals surface area contributed by atoms with Gasteiger partial charge in [0.15, 0.2) is 23.4 Å². The van der Waals surface area contributed by atoms with Gasteiger partial charge < -0.3 is 15.0 Å². The molecule has 3 aromatic rings. The molecule has 2 N–H and O–H groups in total. The van der Waals surface area contributed by atoms with Gasteiger partial charge in [-0.3, -0.25) is 0 Å². The van der Waals surface area contributed by atoms with Gasteiger partial charge in [0, 0.05) is 36.0 Å². The van der Waals surface area contributed by atoms with Crippen molar-refractivity contribution in [2.24, 2.45) is 10.7 Å². The van der Waals surface area contributed by atoms with Crippen molar-refractivity contribution in [3.63, 3.8) is 0 Å². The van der Waals surface area contributed by atoms with E-state index >= 15 is 0 Å². The summed E-state index contributed by atoms with van der Waals surface area (Å²) in [6.45, 7) is 0. The lowest BCUT2D eigenvalue weighted by atomic mass is 9.97. The van der Waals surface area contributed by atoms with Crippen LogP contribution < -0.4 is 5.73 Å². The van der Waals surface area contributed by atoms with Crippen LogP contribution in [-0.2, 0) is 4.74 Å². The Bertz CT molecular complexity index is 1100. The van der Waals surface area contributed by atoms with Gasteiger partial charge in [-0.25, -0.2) is 19.4 Å². The Balaban J connectivity index is 1.66. The molecule has 2 atom stereocenters. The number of ether oxygens (including phenoxy) is 1. The van der Waals surface area contributed by atoms with Gasteiger partial charge in [0.05, 0.1) is 11.1 Å². The summed E-state index contributed by atoms with van der Waals surface area (Å²) >= 11 is 5.75. The fourth-order valence-electron chi connectivity index (χ4n) is 2.94. The topological polar surface area (TPSA) is 99.4 Å². The number of alkyl halides is 3. The lowest BCUT2D eigenvalue weighted by Gasteiger charge is -2.28. The summed E-state index contributed by atoms with van der Waals surface area (Å²) in [6.07, 6.45) is -4.67. The quantitative estimate of drug-likeness (QED) is 0.608. The first kappa shape index (κ1) is 20.1. The number of aliphatic imine (C=N–C) groups is 1. The maximum absolute atomic E-state index is 14.4. The molecule has 2 aromatic heterocycles. The van der Waals surface area contributed by atoms with E-state index in [2.05, 4.69) is 24.9 Å². The number of aromatic nitrogens is 3. The summed E-state index contributed by atoms with van der Waals surface area (Å²) in [5.74, 6) is -0.239. The second kappa shape index (κ2) is 7.56. The van der Waals surface area contributed by atoms with Crippen molar-refractivity contribution < 1.29 is 26.8 Å². The van der Waals surface area contributed by atoms with Gasteiger partial charge in [-0.05, 0) is 18.2 Å². The molecule has 0 saturated heterocycles. The van der Waals surface area contributed by atoms with Crippen LogP contribution in [0, 0.1) is 5.82 Å². The summed E-state index contributed by atoms with van der Waals surface area (Å²) in [7, 11) is 0. The number of hydrogen-bond donors (Lipinski definition) is 1. The summed E-state index contributed by atoms with van der Waals surface area (Å²) in [5.41, 5.74) is 5.99. The largest absolute Gasteiger partial charge is 0.452 e. The highest BCUT2D eigenvalue weighted by molar-refractivity contribution is 6.30. The molecule has 156 valence electrons.